The molecule has 0 aliphatic carbocycles. The van der Waals surface area contributed by atoms with Crippen molar-refractivity contribution in [2.24, 2.45) is 5.92 Å². The van der Waals surface area contributed by atoms with Gasteiger partial charge in [-0.05, 0) is 30.9 Å². The minimum Gasteiger partial charge on any atom is -0.392 e. The largest absolute Gasteiger partial charge is 0.392 e. The van der Waals surface area contributed by atoms with Gasteiger partial charge in [0.05, 0.1) is 6.10 Å². The van der Waals surface area contributed by atoms with Crippen LogP contribution in [0.25, 0.3) is 0 Å². The van der Waals surface area contributed by atoms with Crippen molar-refractivity contribution in [3.63, 3.8) is 0 Å². The van der Waals surface area contributed by atoms with Crippen LogP contribution in [0.1, 0.15) is 26.7 Å². The van der Waals surface area contributed by atoms with Crippen molar-refractivity contribution < 1.29 is 5.11 Å². The summed E-state index contributed by atoms with van der Waals surface area (Å²) in [6.45, 7) is 6.95. The first-order valence-electron chi connectivity index (χ1n) is 7.23. The molecule has 1 fully saturated rings. The average Bonchev–Trinajstić information content (AvgIpc) is 2.46. The summed E-state index contributed by atoms with van der Waals surface area (Å²) < 4.78 is 0. The number of anilines is 1. The minimum atomic E-state index is -0.238. The third-order valence-electron chi connectivity index (χ3n) is 3.91. The van der Waals surface area contributed by atoms with Gasteiger partial charge in [-0.1, -0.05) is 13.8 Å². The lowest BCUT2D eigenvalue weighted by Crippen LogP contribution is -2.45. The molecule has 0 saturated carbocycles. The Morgan fingerprint density at radius 3 is 2.53 bits per heavy atom. The number of pyridine rings is 1. The molecule has 4 heteroatoms. The highest BCUT2D eigenvalue weighted by Crippen LogP contribution is 2.18. The molecule has 19 heavy (non-hydrogen) atoms. The second-order valence-electron chi connectivity index (χ2n) is 5.69. The predicted molar refractivity (Wildman–Crippen MR) is 78.3 cm³/mol. The van der Waals surface area contributed by atoms with Crippen LogP contribution in [0.5, 0.6) is 0 Å². The summed E-state index contributed by atoms with van der Waals surface area (Å²) in [5.41, 5.74) is 1.26. The van der Waals surface area contributed by atoms with E-state index in [2.05, 4.69) is 41.2 Å². The summed E-state index contributed by atoms with van der Waals surface area (Å²) in [7, 11) is 0. The van der Waals surface area contributed by atoms with Gasteiger partial charge in [-0.25, -0.2) is 0 Å². The van der Waals surface area contributed by atoms with E-state index in [1.54, 1.807) is 0 Å². The van der Waals surface area contributed by atoms with E-state index in [0.717, 1.165) is 25.9 Å². The van der Waals surface area contributed by atoms with E-state index >= 15 is 0 Å². The molecule has 1 aliphatic rings. The minimum absolute atomic E-state index is 0.238. The Morgan fingerprint density at radius 2 is 1.95 bits per heavy atom. The number of piperidine rings is 1. The van der Waals surface area contributed by atoms with Gasteiger partial charge in [0, 0.05) is 43.8 Å². The molecule has 1 aromatic rings. The topological polar surface area (TPSA) is 48.4 Å². The van der Waals surface area contributed by atoms with Crippen molar-refractivity contribution in [3.05, 3.63) is 24.5 Å². The number of aromatic nitrogens is 1. The fourth-order valence-electron chi connectivity index (χ4n) is 2.42. The van der Waals surface area contributed by atoms with E-state index in [1.807, 2.05) is 12.4 Å². The van der Waals surface area contributed by atoms with Crippen LogP contribution in [-0.4, -0.2) is 41.9 Å². The summed E-state index contributed by atoms with van der Waals surface area (Å²) in [5, 5.41) is 13.3. The van der Waals surface area contributed by atoms with E-state index in [1.165, 1.54) is 5.69 Å². The number of nitrogens with zero attached hydrogens (tertiary/aromatic N) is 2. The molecule has 2 heterocycles. The molecule has 0 aromatic carbocycles. The van der Waals surface area contributed by atoms with Gasteiger partial charge < -0.3 is 15.3 Å². The van der Waals surface area contributed by atoms with Gasteiger partial charge in [-0.2, -0.15) is 0 Å². The van der Waals surface area contributed by atoms with Gasteiger partial charge >= 0.3 is 0 Å². The van der Waals surface area contributed by atoms with Crippen LogP contribution in [0, 0.1) is 5.92 Å². The van der Waals surface area contributed by atoms with Gasteiger partial charge in [-0.15, -0.1) is 0 Å². The zero-order chi connectivity index (χ0) is 13.7. The van der Waals surface area contributed by atoms with Crippen LogP contribution in [0.3, 0.4) is 0 Å². The normalized spacial score (nSPS) is 18.8. The van der Waals surface area contributed by atoms with Gasteiger partial charge in [-0.3, -0.25) is 4.98 Å². The molecule has 1 aromatic heterocycles. The van der Waals surface area contributed by atoms with Crippen molar-refractivity contribution in [2.75, 3.05) is 24.5 Å². The van der Waals surface area contributed by atoms with Crippen LogP contribution in [0.15, 0.2) is 24.5 Å². The highest BCUT2D eigenvalue weighted by molar-refractivity contribution is 5.44. The van der Waals surface area contributed by atoms with Crippen molar-refractivity contribution in [2.45, 2.75) is 38.8 Å². The fourth-order valence-corrected chi connectivity index (χ4v) is 2.42. The smallest absolute Gasteiger partial charge is 0.0687 e. The molecular weight excluding hydrogens is 238 g/mol. The summed E-state index contributed by atoms with van der Waals surface area (Å²) in [6.07, 6.45) is 5.72. The number of rotatable bonds is 5. The Labute approximate surface area is 115 Å². The Bertz CT molecular complexity index is 361. The van der Waals surface area contributed by atoms with E-state index in [0.29, 0.717) is 18.5 Å². The van der Waals surface area contributed by atoms with Gasteiger partial charge in [0.15, 0.2) is 0 Å². The van der Waals surface area contributed by atoms with Crippen LogP contribution in [0.4, 0.5) is 5.69 Å². The zero-order valence-electron chi connectivity index (χ0n) is 11.9. The molecule has 4 nitrogen and oxygen atoms in total. The standard InChI is InChI=1S/C15H25N3O/c1-12(2)15(19)11-17-13-5-9-18(10-6-13)14-3-7-16-8-4-14/h3-4,7-8,12-13,15,17,19H,5-6,9-11H2,1-2H3. The molecule has 1 saturated heterocycles. The number of aliphatic hydroxyl groups excluding tert-OH is 1. The molecule has 1 aliphatic heterocycles. The summed E-state index contributed by atoms with van der Waals surface area (Å²) in [4.78, 5) is 6.46. The molecule has 0 radical (unpaired) electrons. The Morgan fingerprint density at radius 1 is 1.32 bits per heavy atom. The quantitative estimate of drug-likeness (QED) is 0.848. The van der Waals surface area contributed by atoms with Crippen LogP contribution < -0.4 is 10.2 Å². The average molecular weight is 263 g/mol. The molecule has 0 spiro atoms. The van der Waals surface area contributed by atoms with E-state index in [4.69, 9.17) is 0 Å². The van der Waals surface area contributed by atoms with Crippen LogP contribution in [-0.2, 0) is 0 Å². The van der Waals surface area contributed by atoms with Crippen molar-refractivity contribution in [1.82, 2.24) is 10.3 Å². The molecule has 1 unspecified atom stereocenters. The van der Waals surface area contributed by atoms with Crippen LogP contribution >= 0.6 is 0 Å². The molecule has 2 N–H and O–H groups in total. The number of hydrogen-bond donors (Lipinski definition) is 2. The monoisotopic (exact) mass is 263 g/mol. The van der Waals surface area contributed by atoms with Crippen molar-refractivity contribution >= 4 is 5.69 Å². The SMILES string of the molecule is CC(C)C(O)CNC1CCN(c2ccncc2)CC1. The van der Waals surface area contributed by atoms with Gasteiger partial charge in [0.25, 0.3) is 0 Å². The first kappa shape index (κ1) is 14.3. The number of hydrogen-bond acceptors (Lipinski definition) is 4. The Hall–Kier alpha value is -1.13. The predicted octanol–water partition coefficient (Wildman–Crippen LogP) is 1.66. The molecular formula is C15H25N3O. The second-order valence-corrected chi connectivity index (χ2v) is 5.69. The maximum Gasteiger partial charge on any atom is 0.0687 e. The summed E-state index contributed by atoms with van der Waals surface area (Å²) in [5.74, 6) is 0.324. The summed E-state index contributed by atoms with van der Waals surface area (Å²) in [6, 6.07) is 4.67. The molecule has 1 atom stereocenters. The lowest BCUT2D eigenvalue weighted by atomic mass is 10.0. The lowest BCUT2D eigenvalue weighted by Gasteiger charge is -2.34. The van der Waals surface area contributed by atoms with Crippen molar-refractivity contribution in [3.8, 4) is 0 Å². The first-order valence-corrected chi connectivity index (χ1v) is 7.23. The lowest BCUT2D eigenvalue weighted by molar-refractivity contribution is 0.118. The van der Waals surface area contributed by atoms with E-state index in [9.17, 15) is 5.11 Å². The fraction of sp³-hybridized carbons (Fsp3) is 0.667. The summed E-state index contributed by atoms with van der Waals surface area (Å²) >= 11 is 0. The maximum atomic E-state index is 9.81. The Balaban J connectivity index is 1.74. The number of nitrogens with one attached hydrogen (secondary N) is 1. The molecule has 2 rings (SSSR count). The highest BCUT2D eigenvalue weighted by atomic mass is 16.3. The van der Waals surface area contributed by atoms with Crippen molar-refractivity contribution in [1.29, 1.82) is 0 Å². The third-order valence-corrected chi connectivity index (χ3v) is 3.91. The first-order chi connectivity index (χ1) is 9.16. The van der Waals surface area contributed by atoms with E-state index < -0.39 is 0 Å². The van der Waals surface area contributed by atoms with Crippen LogP contribution in [0.2, 0.25) is 0 Å². The third kappa shape index (κ3) is 4.18. The van der Waals surface area contributed by atoms with E-state index in [-0.39, 0.29) is 6.10 Å². The number of aliphatic hydroxyl groups is 1. The highest BCUT2D eigenvalue weighted by Gasteiger charge is 2.20. The second kappa shape index (κ2) is 6.87. The Kier molecular flexibility index (Phi) is 5.16. The van der Waals surface area contributed by atoms with Gasteiger partial charge in [0.2, 0.25) is 0 Å². The zero-order valence-corrected chi connectivity index (χ0v) is 11.9. The molecule has 0 bridgehead atoms. The maximum absolute atomic E-state index is 9.81. The molecule has 106 valence electrons. The van der Waals surface area contributed by atoms with Gasteiger partial charge in [0.1, 0.15) is 0 Å². The molecule has 0 amide bonds.